The Bertz CT molecular complexity index is 1440. The van der Waals surface area contributed by atoms with Crippen LogP contribution in [-0.4, -0.2) is 89.9 Å². The molecular weight excluding hydrogens is 556 g/mol. The molecule has 39 heavy (non-hydrogen) atoms. The van der Waals surface area contributed by atoms with Crippen LogP contribution in [0.2, 0.25) is 0 Å². The molecule has 0 saturated carbocycles. The predicted octanol–water partition coefficient (Wildman–Crippen LogP) is 0.0338. The van der Waals surface area contributed by atoms with Crippen molar-refractivity contribution in [1.29, 1.82) is 0 Å². The molecule has 4 rings (SSSR count). The third kappa shape index (κ3) is 5.63. The van der Waals surface area contributed by atoms with Gasteiger partial charge in [-0.1, -0.05) is 11.2 Å². The molecule has 1 aromatic heterocycles. The lowest BCUT2D eigenvalue weighted by molar-refractivity contribution is -0.150. The van der Waals surface area contributed by atoms with Crippen molar-refractivity contribution in [2.24, 2.45) is 5.16 Å². The molecule has 3 heterocycles. The lowest BCUT2D eigenvalue weighted by Gasteiger charge is -2.49. The van der Waals surface area contributed by atoms with Crippen LogP contribution in [0.4, 0.5) is 5.13 Å². The molecule has 1 fully saturated rings. The third-order valence-corrected chi connectivity index (χ3v) is 7.22. The number of β-lactam (4-membered cyclic amide) rings is 1. The van der Waals surface area contributed by atoms with E-state index in [4.69, 9.17) is 10.5 Å². The standard InChI is InChI=1S/C22H20N6O9S2/c1-36-26-13(16-25-22(23)39-27-16)17(31)24-14-18(32)28-15(20(33)34)10(8-38-19(14)28)3-2-6-37-21(35)9-4-5-11(29)12(30)7-9/h2-5,7,14,19,29-30H,6,8H2,1H3,(H,24,31)(H,33,34)(H2,23,25,27)/b3-2+,26-13-/t14?,19-/m0/s1. The molecule has 0 radical (unpaired) electrons. The zero-order valence-electron chi connectivity index (χ0n) is 19.9. The van der Waals surface area contributed by atoms with Gasteiger partial charge < -0.3 is 35.9 Å². The normalized spacial score (nSPS) is 18.9. The molecule has 204 valence electrons. The van der Waals surface area contributed by atoms with Crippen LogP contribution in [0.3, 0.4) is 0 Å². The van der Waals surface area contributed by atoms with Gasteiger partial charge >= 0.3 is 11.9 Å². The summed E-state index contributed by atoms with van der Waals surface area (Å²) in [5.74, 6) is -4.35. The molecular formula is C22H20N6O9S2. The number of carbonyl (C=O) groups excluding carboxylic acids is 3. The number of allylic oxidation sites excluding steroid dienone is 1. The molecule has 2 aromatic rings. The van der Waals surface area contributed by atoms with Crippen LogP contribution in [0, 0.1) is 0 Å². The number of hydrogen-bond donors (Lipinski definition) is 5. The average molecular weight is 577 g/mol. The number of benzene rings is 1. The number of amides is 2. The Hall–Kier alpha value is -4.64. The minimum Gasteiger partial charge on any atom is -0.504 e. The zero-order valence-corrected chi connectivity index (χ0v) is 21.6. The molecule has 0 spiro atoms. The number of thioether (sulfide) groups is 1. The number of aromatic nitrogens is 2. The van der Waals surface area contributed by atoms with Gasteiger partial charge in [-0.2, -0.15) is 9.36 Å². The van der Waals surface area contributed by atoms with Crippen LogP contribution in [0.25, 0.3) is 0 Å². The van der Waals surface area contributed by atoms with Crippen molar-refractivity contribution in [3.63, 3.8) is 0 Å². The number of phenolic OH excluding ortho intramolecular Hbond substituents is 2. The molecule has 1 unspecified atom stereocenters. The largest absolute Gasteiger partial charge is 0.504 e. The summed E-state index contributed by atoms with van der Waals surface area (Å²) in [5, 5.41) is 34.2. The van der Waals surface area contributed by atoms with E-state index in [0.29, 0.717) is 5.57 Å². The first-order valence-electron chi connectivity index (χ1n) is 10.9. The number of ether oxygens (including phenoxy) is 1. The lowest BCUT2D eigenvalue weighted by Crippen LogP contribution is -2.71. The van der Waals surface area contributed by atoms with Gasteiger partial charge in [0.1, 0.15) is 30.8 Å². The summed E-state index contributed by atoms with van der Waals surface area (Å²) >= 11 is 2.07. The fraction of sp³-hybridized carbons (Fsp3) is 0.227. The molecule has 6 N–H and O–H groups in total. The van der Waals surface area contributed by atoms with Gasteiger partial charge in [-0.05, 0) is 29.8 Å². The number of fused-ring (bicyclic) bond motifs is 1. The minimum atomic E-state index is -1.35. The number of aromatic hydroxyl groups is 2. The summed E-state index contributed by atoms with van der Waals surface area (Å²) in [7, 11) is 1.22. The number of hydrogen-bond acceptors (Lipinski definition) is 14. The first-order valence-corrected chi connectivity index (χ1v) is 12.7. The van der Waals surface area contributed by atoms with Crippen molar-refractivity contribution in [3.8, 4) is 11.5 Å². The number of carboxylic acid groups (broad SMARTS) is 1. The van der Waals surface area contributed by atoms with Crippen LogP contribution in [0.15, 0.2) is 46.8 Å². The number of nitrogens with two attached hydrogens (primary N) is 1. The third-order valence-electron chi connectivity index (χ3n) is 5.38. The Morgan fingerprint density at radius 2 is 2.08 bits per heavy atom. The number of rotatable bonds is 9. The Labute approximate surface area is 227 Å². The molecule has 1 saturated heterocycles. The van der Waals surface area contributed by atoms with Crippen LogP contribution < -0.4 is 11.1 Å². The highest BCUT2D eigenvalue weighted by atomic mass is 32.2. The SMILES string of the molecule is CO/N=C(\C(=O)NC1C(=O)N2C(C(=O)O)=C(/C=C/COC(=O)c3ccc(O)c(O)c3)CS[C@@H]12)c1nsc(N)n1. The Morgan fingerprint density at radius 3 is 2.72 bits per heavy atom. The molecule has 2 atom stereocenters. The number of aliphatic carboxylic acids is 1. The van der Waals surface area contributed by atoms with E-state index in [0.717, 1.165) is 28.6 Å². The number of carboxylic acids is 1. The first-order chi connectivity index (χ1) is 18.6. The number of carbonyl (C=O) groups is 4. The highest BCUT2D eigenvalue weighted by Crippen LogP contribution is 2.40. The van der Waals surface area contributed by atoms with E-state index in [9.17, 15) is 34.5 Å². The second kappa shape index (κ2) is 11.4. The Balaban J connectivity index is 1.42. The van der Waals surface area contributed by atoms with Gasteiger partial charge in [-0.3, -0.25) is 14.5 Å². The maximum Gasteiger partial charge on any atom is 0.352 e. The van der Waals surface area contributed by atoms with Gasteiger partial charge in [0.2, 0.25) is 11.5 Å². The molecule has 1 aromatic carbocycles. The van der Waals surface area contributed by atoms with E-state index in [1.54, 1.807) is 0 Å². The molecule has 2 aliphatic heterocycles. The first kappa shape index (κ1) is 27.4. The monoisotopic (exact) mass is 576 g/mol. The summed E-state index contributed by atoms with van der Waals surface area (Å²) in [6, 6.07) is 2.41. The lowest BCUT2D eigenvalue weighted by atomic mass is 10.0. The van der Waals surface area contributed by atoms with Gasteiger partial charge in [-0.15, -0.1) is 11.8 Å². The molecule has 0 bridgehead atoms. The number of esters is 1. The summed E-state index contributed by atoms with van der Waals surface area (Å²) in [6.45, 7) is -0.228. The van der Waals surface area contributed by atoms with E-state index >= 15 is 0 Å². The van der Waals surface area contributed by atoms with E-state index < -0.39 is 40.9 Å². The second-order valence-corrected chi connectivity index (χ2v) is 9.71. The van der Waals surface area contributed by atoms with E-state index in [2.05, 4.69) is 24.7 Å². The maximum absolute atomic E-state index is 12.9. The van der Waals surface area contributed by atoms with Crippen molar-refractivity contribution in [2.75, 3.05) is 25.2 Å². The summed E-state index contributed by atoms with van der Waals surface area (Å²) < 4.78 is 8.98. The minimum absolute atomic E-state index is 0.00667. The van der Waals surface area contributed by atoms with Gasteiger partial charge in [0.25, 0.3) is 11.8 Å². The summed E-state index contributed by atoms with van der Waals surface area (Å²) in [4.78, 5) is 59.4. The smallest absolute Gasteiger partial charge is 0.352 e. The Kier molecular flexibility index (Phi) is 8.01. The quantitative estimate of drug-likeness (QED) is 0.0874. The zero-order chi connectivity index (χ0) is 28.3. The fourth-order valence-electron chi connectivity index (χ4n) is 3.64. The maximum atomic E-state index is 12.9. The van der Waals surface area contributed by atoms with Gasteiger partial charge in [0, 0.05) is 17.3 Å². The number of nitrogens with one attached hydrogen (secondary N) is 1. The molecule has 17 heteroatoms. The molecule has 0 aliphatic carbocycles. The number of phenols is 2. The van der Waals surface area contributed by atoms with Crippen molar-refractivity contribution >= 4 is 57.9 Å². The van der Waals surface area contributed by atoms with Crippen molar-refractivity contribution in [1.82, 2.24) is 19.6 Å². The number of nitrogen functional groups attached to an aromatic ring is 1. The van der Waals surface area contributed by atoms with E-state index in [1.165, 1.54) is 37.1 Å². The van der Waals surface area contributed by atoms with Gasteiger partial charge in [-0.25, -0.2) is 9.59 Å². The van der Waals surface area contributed by atoms with Crippen molar-refractivity contribution in [3.05, 3.63) is 53.0 Å². The van der Waals surface area contributed by atoms with Gasteiger partial charge in [0.15, 0.2) is 16.6 Å². The van der Waals surface area contributed by atoms with Crippen LogP contribution >= 0.6 is 23.3 Å². The van der Waals surface area contributed by atoms with Crippen LogP contribution in [0.5, 0.6) is 11.5 Å². The Morgan fingerprint density at radius 1 is 1.31 bits per heavy atom. The average Bonchev–Trinajstić information content (AvgIpc) is 3.34. The van der Waals surface area contributed by atoms with Crippen LogP contribution in [0.1, 0.15) is 16.2 Å². The summed E-state index contributed by atoms with van der Waals surface area (Å²) in [6.07, 6.45) is 2.83. The number of anilines is 1. The van der Waals surface area contributed by atoms with E-state index in [1.807, 2.05) is 0 Å². The van der Waals surface area contributed by atoms with Crippen molar-refractivity contribution in [2.45, 2.75) is 11.4 Å². The topological polar surface area (TPSA) is 227 Å². The number of nitrogens with zero attached hydrogens (tertiary/aromatic N) is 4. The highest BCUT2D eigenvalue weighted by Gasteiger charge is 2.54. The van der Waals surface area contributed by atoms with E-state index in [-0.39, 0.29) is 46.0 Å². The predicted molar refractivity (Wildman–Crippen MR) is 137 cm³/mol. The number of oxime groups is 1. The van der Waals surface area contributed by atoms with Crippen LogP contribution in [-0.2, 0) is 24.0 Å². The highest BCUT2D eigenvalue weighted by molar-refractivity contribution is 8.00. The van der Waals surface area contributed by atoms with Crippen molar-refractivity contribution < 1.29 is 44.1 Å². The molecule has 2 amide bonds. The molecule has 15 nitrogen and oxygen atoms in total. The second-order valence-electron chi connectivity index (χ2n) is 7.82. The summed E-state index contributed by atoms with van der Waals surface area (Å²) in [5.41, 5.74) is 5.30. The fourth-order valence-corrected chi connectivity index (χ4v) is 5.39. The van der Waals surface area contributed by atoms with Gasteiger partial charge in [0.05, 0.1) is 5.56 Å². The molecule has 2 aliphatic rings.